The van der Waals surface area contributed by atoms with Crippen LogP contribution in [0, 0.1) is 0 Å². The predicted octanol–water partition coefficient (Wildman–Crippen LogP) is 0.501. The second-order valence-electron chi connectivity index (χ2n) is 3.40. The molecule has 0 aliphatic heterocycles. The van der Waals surface area contributed by atoms with Gasteiger partial charge in [-0.1, -0.05) is 12.1 Å². The van der Waals surface area contributed by atoms with Crippen LogP contribution in [0.3, 0.4) is 0 Å². The van der Waals surface area contributed by atoms with Gasteiger partial charge in [0, 0.05) is 0 Å². The van der Waals surface area contributed by atoms with Gasteiger partial charge in [-0.15, -0.1) is 0 Å². The Kier molecular flexibility index (Phi) is 4.12. The lowest BCUT2D eigenvalue weighted by atomic mass is 10.2. The van der Waals surface area contributed by atoms with Gasteiger partial charge in [0.15, 0.2) is 0 Å². The highest BCUT2D eigenvalue weighted by molar-refractivity contribution is 7.86. The van der Waals surface area contributed by atoms with Crippen LogP contribution in [0.2, 0.25) is 0 Å². The molecule has 6 nitrogen and oxygen atoms in total. The fourth-order valence-electron chi connectivity index (χ4n) is 1.04. The van der Waals surface area contributed by atoms with E-state index in [9.17, 15) is 16.8 Å². The summed E-state index contributed by atoms with van der Waals surface area (Å²) in [5.41, 5.74) is 0.497. The highest BCUT2D eigenvalue weighted by Gasteiger charge is 2.07. The molecule has 0 amide bonds. The summed E-state index contributed by atoms with van der Waals surface area (Å²) >= 11 is 0. The van der Waals surface area contributed by atoms with Gasteiger partial charge in [-0.25, -0.2) is 0 Å². The van der Waals surface area contributed by atoms with Gasteiger partial charge in [-0.05, 0) is 17.7 Å². The van der Waals surface area contributed by atoms with Gasteiger partial charge in [0.2, 0.25) is 0 Å². The predicted molar refractivity (Wildman–Crippen MR) is 61.5 cm³/mol. The van der Waals surface area contributed by atoms with E-state index in [-0.39, 0.29) is 12.4 Å². The van der Waals surface area contributed by atoms with Crippen LogP contribution in [0.25, 0.3) is 0 Å². The molecule has 0 radical (unpaired) electrons. The first-order valence-electron chi connectivity index (χ1n) is 4.48. The molecule has 0 spiro atoms. The topological polar surface area (TPSA) is 86.7 Å². The third kappa shape index (κ3) is 6.25. The first kappa shape index (κ1) is 13.9. The van der Waals surface area contributed by atoms with E-state index >= 15 is 0 Å². The second-order valence-corrected chi connectivity index (χ2v) is 6.62. The highest BCUT2D eigenvalue weighted by Crippen LogP contribution is 2.16. The van der Waals surface area contributed by atoms with Crippen LogP contribution >= 0.6 is 0 Å². The summed E-state index contributed by atoms with van der Waals surface area (Å²) in [6.45, 7) is -0.167. The normalized spacial score (nSPS) is 12.4. The molecular weight excluding hydrogens is 268 g/mol. The zero-order chi connectivity index (χ0) is 13.1. The number of hydrogen-bond donors (Lipinski definition) is 0. The van der Waals surface area contributed by atoms with Crippen LogP contribution in [0.1, 0.15) is 5.56 Å². The van der Waals surface area contributed by atoms with E-state index in [1.54, 1.807) is 12.1 Å². The molecule has 0 bridgehead atoms. The van der Waals surface area contributed by atoms with Gasteiger partial charge in [0.25, 0.3) is 10.1 Å². The molecule has 8 heteroatoms. The third-order valence-corrected chi connectivity index (χ3v) is 2.63. The smallest absolute Gasteiger partial charge is 0.306 e. The molecule has 1 aromatic rings. The van der Waals surface area contributed by atoms with Crippen molar-refractivity contribution in [1.29, 1.82) is 0 Å². The summed E-state index contributed by atoms with van der Waals surface area (Å²) in [7, 11) is -7.13. The maximum Gasteiger partial charge on any atom is 0.306 e. The molecule has 0 heterocycles. The molecule has 1 rings (SSSR count). The zero-order valence-corrected chi connectivity index (χ0v) is 10.9. The summed E-state index contributed by atoms with van der Waals surface area (Å²) in [5.74, 6) is 0.113. The third-order valence-electron chi connectivity index (χ3n) is 1.59. The Morgan fingerprint density at radius 2 is 1.71 bits per heavy atom. The molecule has 1 aromatic carbocycles. The number of rotatable bonds is 5. The zero-order valence-electron chi connectivity index (χ0n) is 9.28. The minimum Gasteiger partial charge on any atom is -0.383 e. The van der Waals surface area contributed by atoms with Crippen LogP contribution < -0.4 is 4.18 Å². The average molecular weight is 280 g/mol. The quantitative estimate of drug-likeness (QED) is 0.730. The van der Waals surface area contributed by atoms with Crippen molar-refractivity contribution in [1.82, 2.24) is 0 Å². The summed E-state index contributed by atoms with van der Waals surface area (Å²) in [6, 6.07) is 5.99. The summed E-state index contributed by atoms with van der Waals surface area (Å²) in [4.78, 5) is 0. The Morgan fingerprint density at radius 1 is 1.06 bits per heavy atom. The SMILES string of the molecule is CS(=O)(=O)OCc1cccc(OS(C)(=O)=O)c1. The Hall–Kier alpha value is -1.12. The van der Waals surface area contributed by atoms with E-state index in [1.807, 2.05) is 0 Å². The van der Waals surface area contributed by atoms with Gasteiger partial charge >= 0.3 is 10.1 Å². The summed E-state index contributed by atoms with van der Waals surface area (Å²) in [6.07, 6.45) is 1.86. The average Bonchev–Trinajstić information content (AvgIpc) is 2.11. The highest BCUT2D eigenvalue weighted by atomic mass is 32.2. The standard InChI is InChI=1S/C9H12O6S2/c1-16(10,11)14-7-8-4-3-5-9(6-8)15-17(2,12)13/h3-6H,7H2,1-2H3. The van der Waals surface area contributed by atoms with Crippen molar-refractivity contribution >= 4 is 20.2 Å². The van der Waals surface area contributed by atoms with Gasteiger partial charge < -0.3 is 4.18 Å². The fraction of sp³-hybridized carbons (Fsp3) is 0.333. The molecule has 0 N–H and O–H groups in total. The van der Waals surface area contributed by atoms with Crippen LogP contribution in [-0.2, 0) is 31.0 Å². The second kappa shape index (κ2) is 5.03. The molecule has 0 saturated heterocycles. The Balaban J connectivity index is 2.80. The first-order chi connectivity index (χ1) is 7.66. The van der Waals surface area contributed by atoms with Crippen molar-refractivity contribution in [2.75, 3.05) is 12.5 Å². The van der Waals surface area contributed by atoms with Gasteiger partial charge in [-0.3, -0.25) is 4.18 Å². The van der Waals surface area contributed by atoms with E-state index in [1.165, 1.54) is 12.1 Å². The van der Waals surface area contributed by atoms with E-state index in [2.05, 4.69) is 8.37 Å². The Labute approximate surface area is 100 Å². The number of hydrogen-bond acceptors (Lipinski definition) is 6. The summed E-state index contributed by atoms with van der Waals surface area (Å²) < 4.78 is 52.5. The van der Waals surface area contributed by atoms with Crippen molar-refractivity contribution < 1.29 is 25.2 Å². The van der Waals surface area contributed by atoms with E-state index in [0.717, 1.165) is 12.5 Å². The molecule has 96 valence electrons. The van der Waals surface area contributed by atoms with Crippen molar-refractivity contribution in [2.24, 2.45) is 0 Å². The van der Waals surface area contributed by atoms with Crippen molar-refractivity contribution in [3.63, 3.8) is 0 Å². The van der Waals surface area contributed by atoms with Crippen molar-refractivity contribution in [2.45, 2.75) is 6.61 Å². The molecule has 0 fully saturated rings. The van der Waals surface area contributed by atoms with Crippen molar-refractivity contribution in [3.8, 4) is 5.75 Å². The summed E-state index contributed by atoms with van der Waals surface area (Å²) in [5, 5.41) is 0. The lowest BCUT2D eigenvalue weighted by Gasteiger charge is -2.05. The molecule has 0 aromatic heterocycles. The van der Waals surface area contributed by atoms with E-state index in [0.29, 0.717) is 5.56 Å². The molecule has 0 saturated carbocycles. The number of benzene rings is 1. The lowest BCUT2D eigenvalue weighted by molar-refractivity contribution is 0.311. The van der Waals surface area contributed by atoms with Crippen LogP contribution in [0.5, 0.6) is 5.75 Å². The van der Waals surface area contributed by atoms with Crippen LogP contribution in [0.15, 0.2) is 24.3 Å². The minimum absolute atomic E-state index is 0.113. The molecule has 0 atom stereocenters. The van der Waals surface area contributed by atoms with E-state index < -0.39 is 20.2 Å². The Morgan fingerprint density at radius 3 is 2.24 bits per heavy atom. The Bertz CT molecular complexity index is 588. The molecule has 0 unspecified atom stereocenters. The van der Waals surface area contributed by atoms with Crippen LogP contribution in [-0.4, -0.2) is 29.3 Å². The molecule has 17 heavy (non-hydrogen) atoms. The van der Waals surface area contributed by atoms with Gasteiger partial charge in [-0.2, -0.15) is 16.8 Å². The largest absolute Gasteiger partial charge is 0.383 e. The fourth-order valence-corrected chi connectivity index (χ4v) is 1.84. The molecular formula is C9H12O6S2. The minimum atomic E-state index is -3.60. The molecule has 0 aliphatic rings. The van der Waals surface area contributed by atoms with E-state index in [4.69, 9.17) is 0 Å². The maximum absolute atomic E-state index is 10.9. The van der Waals surface area contributed by atoms with Crippen LogP contribution in [0.4, 0.5) is 0 Å². The monoisotopic (exact) mass is 280 g/mol. The maximum atomic E-state index is 10.9. The van der Waals surface area contributed by atoms with Crippen molar-refractivity contribution in [3.05, 3.63) is 29.8 Å². The van der Waals surface area contributed by atoms with Gasteiger partial charge in [0.1, 0.15) is 5.75 Å². The van der Waals surface area contributed by atoms with Gasteiger partial charge in [0.05, 0.1) is 19.1 Å². The lowest BCUT2D eigenvalue weighted by Crippen LogP contribution is -2.06. The first-order valence-corrected chi connectivity index (χ1v) is 8.12. The molecule has 0 aliphatic carbocycles.